The van der Waals surface area contributed by atoms with E-state index in [1.54, 1.807) is 0 Å². The van der Waals surface area contributed by atoms with E-state index in [9.17, 15) is 0 Å². The summed E-state index contributed by atoms with van der Waals surface area (Å²) >= 11 is 0. The standard InChI is InChI=1S/C5H12BN/c1-3-4-5(6)7-2/h5,7H,3-4H2,1-2H3. The van der Waals surface area contributed by atoms with Crippen molar-refractivity contribution in [1.82, 2.24) is 5.32 Å². The molecule has 0 aliphatic heterocycles. The summed E-state index contributed by atoms with van der Waals surface area (Å²) in [6, 6.07) is 0. The molecule has 1 nitrogen and oxygen atoms in total. The lowest BCUT2D eigenvalue weighted by Gasteiger charge is -2.05. The zero-order valence-corrected chi connectivity index (χ0v) is 5.07. The van der Waals surface area contributed by atoms with Crippen LogP contribution in [0.15, 0.2) is 0 Å². The van der Waals surface area contributed by atoms with Gasteiger partial charge in [-0.2, -0.15) is 0 Å². The van der Waals surface area contributed by atoms with Crippen molar-refractivity contribution < 1.29 is 0 Å². The molecule has 0 aromatic rings. The molecule has 0 aromatic carbocycles. The Morgan fingerprint density at radius 3 is 2.43 bits per heavy atom. The van der Waals surface area contributed by atoms with Crippen LogP contribution in [-0.4, -0.2) is 20.8 Å². The van der Waals surface area contributed by atoms with E-state index in [-0.39, 0.29) is 5.94 Å². The van der Waals surface area contributed by atoms with Gasteiger partial charge in [0.1, 0.15) is 0 Å². The molecule has 0 spiro atoms. The first-order valence-electron chi connectivity index (χ1n) is 2.74. The quantitative estimate of drug-likeness (QED) is 0.505. The Morgan fingerprint density at radius 2 is 2.29 bits per heavy atom. The highest BCUT2D eigenvalue weighted by Gasteiger charge is 1.90. The molecule has 0 aromatic heterocycles. The molecule has 0 amide bonds. The molecule has 1 atom stereocenters. The maximum atomic E-state index is 5.47. The van der Waals surface area contributed by atoms with Gasteiger partial charge >= 0.3 is 0 Å². The summed E-state index contributed by atoms with van der Waals surface area (Å²) in [5.41, 5.74) is 0. The van der Waals surface area contributed by atoms with Gasteiger partial charge in [0.25, 0.3) is 0 Å². The van der Waals surface area contributed by atoms with E-state index in [0.29, 0.717) is 0 Å². The molecule has 0 saturated heterocycles. The molecule has 0 rings (SSSR count). The topological polar surface area (TPSA) is 12.0 Å². The summed E-state index contributed by atoms with van der Waals surface area (Å²) in [4.78, 5) is 0. The van der Waals surface area contributed by atoms with E-state index in [0.717, 1.165) is 12.8 Å². The van der Waals surface area contributed by atoms with Gasteiger partial charge in [0.2, 0.25) is 0 Å². The summed E-state index contributed by atoms with van der Waals surface area (Å²) in [5, 5.41) is 2.94. The van der Waals surface area contributed by atoms with E-state index in [1.165, 1.54) is 0 Å². The Labute approximate surface area is 46.9 Å². The van der Waals surface area contributed by atoms with Crippen molar-refractivity contribution in [2.45, 2.75) is 25.7 Å². The maximum Gasteiger partial charge on any atom is 0.0906 e. The van der Waals surface area contributed by atoms with Crippen molar-refractivity contribution in [3.63, 3.8) is 0 Å². The Balaban J connectivity index is 2.83. The SMILES string of the molecule is [B]C(CCC)NC. The van der Waals surface area contributed by atoms with Crippen LogP contribution in [0.1, 0.15) is 19.8 Å². The molecule has 0 aliphatic rings. The third kappa shape index (κ3) is 3.87. The molecule has 1 N–H and O–H groups in total. The Morgan fingerprint density at radius 1 is 1.71 bits per heavy atom. The fourth-order valence-electron chi connectivity index (χ4n) is 0.455. The minimum absolute atomic E-state index is 0.199. The molecule has 1 unspecified atom stereocenters. The van der Waals surface area contributed by atoms with E-state index < -0.39 is 0 Å². The fraction of sp³-hybridized carbons (Fsp3) is 1.00. The molecule has 2 heteroatoms. The minimum atomic E-state index is 0.199. The molecule has 0 fully saturated rings. The van der Waals surface area contributed by atoms with Gasteiger partial charge in [-0.1, -0.05) is 13.3 Å². The lowest BCUT2D eigenvalue weighted by molar-refractivity contribution is 0.655. The number of hydrogen-bond acceptors (Lipinski definition) is 1. The Hall–Kier alpha value is 0.0249. The van der Waals surface area contributed by atoms with Gasteiger partial charge in [-0.25, -0.2) is 0 Å². The normalized spacial score (nSPS) is 14.0. The third-order valence-electron chi connectivity index (χ3n) is 0.970. The average molecular weight is 97.0 g/mol. The van der Waals surface area contributed by atoms with Gasteiger partial charge in [0.15, 0.2) is 0 Å². The predicted molar refractivity (Wildman–Crippen MR) is 33.5 cm³/mol. The smallest absolute Gasteiger partial charge is 0.0906 e. The first-order valence-corrected chi connectivity index (χ1v) is 2.74. The van der Waals surface area contributed by atoms with Gasteiger partial charge in [-0.15, -0.1) is 0 Å². The lowest BCUT2D eigenvalue weighted by atomic mass is 9.93. The van der Waals surface area contributed by atoms with Gasteiger partial charge in [0, 0.05) is 0 Å². The zero-order chi connectivity index (χ0) is 5.70. The second-order valence-electron chi connectivity index (χ2n) is 1.68. The van der Waals surface area contributed by atoms with Crippen LogP contribution in [-0.2, 0) is 0 Å². The van der Waals surface area contributed by atoms with Gasteiger partial charge < -0.3 is 5.32 Å². The van der Waals surface area contributed by atoms with Crippen molar-refractivity contribution in [2.75, 3.05) is 7.05 Å². The maximum absolute atomic E-state index is 5.47. The van der Waals surface area contributed by atoms with E-state index >= 15 is 0 Å². The highest BCUT2D eigenvalue weighted by atomic mass is 14.8. The average Bonchev–Trinajstić information content (AvgIpc) is 1.68. The molecular formula is C5H12BN. The molecule has 0 heterocycles. The number of rotatable bonds is 3. The van der Waals surface area contributed by atoms with Gasteiger partial charge in [-0.05, 0) is 19.4 Å². The fourth-order valence-corrected chi connectivity index (χ4v) is 0.455. The summed E-state index contributed by atoms with van der Waals surface area (Å²) < 4.78 is 0. The minimum Gasteiger partial charge on any atom is -0.326 e. The van der Waals surface area contributed by atoms with Crippen LogP contribution in [0.2, 0.25) is 0 Å². The summed E-state index contributed by atoms with van der Waals surface area (Å²) in [6.07, 6.45) is 2.22. The summed E-state index contributed by atoms with van der Waals surface area (Å²) in [5.74, 6) is 0.199. The monoisotopic (exact) mass is 97.1 g/mol. The predicted octanol–water partition coefficient (Wildman–Crippen LogP) is 0.500. The first-order chi connectivity index (χ1) is 3.31. The molecule has 2 radical (unpaired) electrons. The highest BCUT2D eigenvalue weighted by molar-refractivity contribution is 6.11. The van der Waals surface area contributed by atoms with Crippen molar-refractivity contribution >= 4 is 7.85 Å². The Kier molecular flexibility index (Phi) is 4.21. The van der Waals surface area contributed by atoms with Crippen LogP contribution in [0.5, 0.6) is 0 Å². The molecule has 0 saturated carbocycles. The van der Waals surface area contributed by atoms with Crippen LogP contribution >= 0.6 is 0 Å². The van der Waals surface area contributed by atoms with Crippen LogP contribution < -0.4 is 5.32 Å². The molecule has 0 bridgehead atoms. The molecule has 0 aliphatic carbocycles. The molecule has 40 valence electrons. The molecular weight excluding hydrogens is 84.9 g/mol. The summed E-state index contributed by atoms with van der Waals surface area (Å²) in [7, 11) is 7.35. The second kappa shape index (κ2) is 4.19. The van der Waals surface area contributed by atoms with E-state index in [2.05, 4.69) is 12.2 Å². The third-order valence-corrected chi connectivity index (χ3v) is 0.970. The van der Waals surface area contributed by atoms with Crippen molar-refractivity contribution in [3.05, 3.63) is 0 Å². The van der Waals surface area contributed by atoms with E-state index in [1.807, 2.05) is 7.05 Å². The van der Waals surface area contributed by atoms with Crippen LogP contribution in [0.25, 0.3) is 0 Å². The van der Waals surface area contributed by atoms with Crippen molar-refractivity contribution in [3.8, 4) is 0 Å². The second-order valence-corrected chi connectivity index (χ2v) is 1.68. The molecule has 7 heavy (non-hydrogen) atoms. The van der Waals surface area contributed by atoms with Crippen LogP contribution in [0.3, 0.4) is 0 Å². The van der Waals surface area contributed by atoms with Crippen LogP contribution in [0, 0.1) is 0 Å². The van der Waals surface area contributed by atoms with Gasteiger partial charge in [0.05, 0.1) is 7.85 Å². The summed E-state index contributed by atoms with van der Waals surface area (Å²) in [6.45, 7) is 2.12. The van der Waals surface area contributed by atoms with Crippen molar-refractivity contribution in [2.24, 2.45) is 0 Å². The van der Waals surface area contributed by atoms with Gasteiger partial charge in [-0.3, -0.25) is 0 Å². The largest absolute Gasteiger partial charge is 0.326 e. The highest BCUT2D eigenvalue weighted by Crippen LogP contribution is 1.88. The van der Waals surface area contributed by atoms with Crippen molar-refractivity contribution in [1.29, 1.82) is 0 Å². The van der Waals surface area contributed by atoms with E-state index in [4.69, 9.17) is 7.85 Å². The Bertz CT molecular complexity index is 39.1. The zero-order valence-electron chi connectivity index (χ0n) is 5.07. The number of nitrogens with one attached hydrogen (secondary N) is 1. The number of hydrogen-bond donors (Lipinski definition) is 1. The first kappa shape index (κ1) is 7.02. The van der Waals surface area contributed by atoms with Crippen LogP contribution in [0.4, 0.5) is 0 Å². The lowest BCUT2D eigenvalue weighted by Crippen LogP contribution is -2.24.